The van der Waals surface area contributed by atoms with Gasteiger partial charge in [0, 0.05) is 18.8 Å². The van der Waals surface area contributed by atoms with E-state index in [2.05, 4.69) is 6.58 Å². The van der Waals surface area contributed by atoms with E-state index in [9.17, 15) is 9.59 Å². The van der Waals surface area contributed by atoms with Gasteiger partial charge in [-0.05, 0) is 12.1 Å². The molecule has 0 aliphatic heterocycles. The van der Waals surface area contributed by atoms with Gasteiger partial charge in [-0.15, -0.1) is 6.58 Å². The van der Waals surface area contributed by atoms with E-state index in [1.165, 1.54) is 22.9 Å². The number of aromatic nitrogens is 2. The van der Waals surface area contributed by atoms with Crippen molar-refractivity contribution in [2.75, 3.05) is 0 Å². The zero-order valence-electron chi connectivity index (χ0n) is 10.1. The molecule has 0 saturated heterocycles. The number of nitrogens with zero attached hydrogens (tertiary/aromatic N) is 3. The molecule has 0 aliphatic rings. The van der Waals surface area contributed by atoms with Crippen LogP contribution in [-0.2, 0) is 6.54 Å². The van der Waals surface area contributed by atoms with E-state index in [-0.39, 0.29) is 6.54 Å². The van der Waals surface area contributed by atoms with Crippen LogP contribution in [0.25, 0.3) is 5.69 Å². The molecule has 0 radical (unpaired) electrons. The molecule has 94 valence electrons. The van der Waals surface area contributed by atoms with Crippen molar-refractivity contribution in [2.45, 2.75) is 6.54 Å². The van der Waals surface area contributed by atoms with Gasteiger partial charge in [0.2, 0.25) is 0 Å². The fourth-order valence-corrected chi connectivity index (χ4v) is 1.78. The summed E-state index contributed by atoms with van der Waals surface area (Å²) in [6.45, 7) is 3.65. The highest BCUT2D eigenvalue weighted by Crippen LogP contribution is 2.10. The SMILES string of the molecule is C=CCn1c(=O)ccn(-c2ccccc2C#N)c1=O. The number of rotatable bonds is 3. The molecule has 5 heteroatoms. The second-order valence-electron chi connectivity index (χ2n) is 3.83. The highest BCUT2D eigenvalue weighted by molar-refractivity contribution is 5.48. The van der Waals surface area contributed by atoms with Crippen molar-refractivity contribution in [3.8, 4) is 11.8 Å². The number of hydrogen-bond donors (Lipinski definition) is 0. The first-order valence-electron chi connectivity index (χ1n) is 5.62. The van der Waals surface area contributed by atoms with Crippen LogP contribution in [0.3, 0.4) is 0 Å². The third-order valence-electron chi connectivity index (χ3n) is 2.66. The Hall–Kier alpha value is -2.87. The summed E-state index contributed by atoms with van der Waals surface area (Å²) < 4.78 is 2.34. The number of allylic oxidation sites excluding steroid dienone is 1. The molecule has 1 heterocycles. The average molecular weight is 253 g/mol. The normalized spacial score (nSPS) is 9.84. The molecule has 2 aromatic rings. The Bertz CT molecular complexity index is 778. The molecule has 1 aromatic carbocycles. The minimum atomic E-state index is -0.491. The highest BCUT2D eigenvalue weighted by Gasteiger charge is 2.08. The molecular formula is C14H11N3O2. The first-order chi connectivity index (χ1) is 9.19. The van der Waals surface area contributed by atoms with Crippen LogP contribution in [0, 0.1) is 11.3 Å². The van der Waals surface area contributed by atoms with Gasteiger partial charge >= 0.3 is 5.69 Å². The molecule has 5 nitrogen and oxygen atoms in total. The number of benzene rings is 1. The van der Waals surface area contributed by atoms with Crippen LogP contribution >= 0.6 is 0 Å². The topological polar surface area (TPSA) is 67.8 Å². The molecule has 1 aromatic heterocycles. The quantitative estimate of drug-likeness (QED) is 0.768. The second kappa shape index (κ2) is 5.19. The zero-order valence-corrected chi connectivity index (χ0v) is 10.1. The lowest BCUT2D eigenvalue weighted by Gasteiger charge is -2.09. The summed E-state index contributed by atoms with van der Waals surface area (Å²) >= 11 is 0. The molecule has 0 unspecified atom stereocenters. The molecule has 0 fully saturated rings. The lowest BCUT2D eigenvalue weighted by molar-refractivity contribution is 0.680. The second-order valence-corrected chi connectivity index (χ2v) is 3.83. The summed E-state index contributed by atoms with van der Waals surface area (Å²) in [6, 6.07) is 10.0. The fraction of sp³-hybridized carbons (Fsp3) is 0.0714. The van der Waals surface area contributed by atoms with Crippen LogP contribution < -0.4 is 11.2 Å². The van der Waals surface area contributed by atoms with Crippen molar-refractivity contribution in [3.05, 3.63) is 75.6 Å². The van der Waals surface area contributed by atoms with Crippen molar-refractivity contribution in [1.82, 2.24) is 9.13 Å². The Morgan fingerprint density at radius 1 is 1.26 bits per heavy atom. The largest absolute Gasteiger partial charge is 0.335 e. The van der Waals surface area contributed by atoms with Crippen LogP contribution in [0.15, 0.2) is 58.8 Å². The first-order valence-corrected chi connectivity index (χ1v) is 5.62. The predicted molar refractivity (Wildman–Crippen MR) is 71.2 cm³/mol. The van der Waals surface area contributed by atoms with Crippen LogP contribution in [0.4, 0.5) is 0 Å². The van der Waals surface area contributed by atoms with E-state index >= 15 is 0 Å². The van der Waals surface area contributed by atoms with Gasteiger partial charge < -0.3 is 0 Å². The summed E-state index contributed by atoms with van der Waals surface area (Å²) in [7, 11) is 0. The smallest absolute Gasteiger partial charge is 0.269 e. The number of para-hydroxylation sites is 1. The molecule has 2 rings (SSSR count). The van der Waals surface area contributed by atoms with Crippen LogP contribution in [0.5, 0.6) is 0 Å². The van der Waals surface area contributed by atoms with Crippen LogP contribution in [-0.4, -0.2) is 9.13 Å². The fourth-order valence-electron chi connectivity index (χ4n) is 1.78. The minimum absolute atomic E-state index is 0.132. The van der Waals surface area contributed by atoms with E-state index in [1.54, 1.807) is 24.3 Å². The minimum Gasteiger partial charge on any atom is -0.269 e. The molecule has 19 heavy (non-hydrogen) atoms. The van der Waals surface area contributed by atoms with E-state index in [4.69, 9.17) is 5.26 Å². The molecule has 0 N–H and O–H groups in total. The van der Waals surface area contributed by atoms with Gasteiger partial charge in [-0.1, -0.05) is 18.2 Å². The van der Waals surface area contributed by atoms with Crippen molar-refractivity contribution >= 4 is 0 Å². The summed E-state index contributed by atoms with van der Waals surface area (Å²) in [5.74, 6) is 0. The van der Waals surface area contributed by atoms with E-state index in [0.29, 0.717) is 11.3 Å². The van der Waals surface area contributed by atoms with Gasteiger partial charge in [0.1, 0.15) is 6.07 Å². The van der Waals surface area contributed by atoms with Crippen LogP contribution in [0.2, 0.25) is 0 Å². The predicted octanol–water partition coefficient (Wildman–Crippen LogP) is 1.06. The Morgan fingerprint density at radius 2 is 2.00 bits per heavy atom. The lowest BCUT2D eigenvalue weighted by atomic mass is 10.2. The Kier molecular flexibility index (Phi) is 3.44. The molecule has 0 atom stereocenters. The van der Waals surface area contributed by atoms with Gasteiger partial charge in [0.15, 0.2) is 0 Å². The van der Waals surface area contributed by atoms with Crippen molar-refractivity contribution in [3.63, 3.8) is 0 Å². The summed E-state index contributed by atoms with van der Waals surface area (Å²) in [5, 5.41) is 9.05. The van der Waals surface area contributed by atoms with Crippen molar-refractivity contribution in [1.29, 1.82) is 5.26 Å². The number of nitriles is 1. The van der Waals surface area contributed by atoms with E-state index in [0.717, 1.165) is 4.57 Å². The molecule has 0 spiro atoms. The van der Waals surface area contributed by atoms with Gasteiger partial charge in [0.25, 0.3) is 5.56 Å². The maximum atomic E-state index is 12.2. The maximum Gasteiger partial charge on any atom is 0.335 e. The van der Waals surface area contributed by atoms with Gasteiger partial charge in [-0.25, -0.2) is 4.79 Å². The molecule has 0 bridgehead atoms. The average Bonchev–Trinajstić information content (AvgIpc) is 2.43. The van der Waals surface area contributed by atoms with Crippen molar-refractivity contribution < 1.29 is 0 Å². The summed E-state index contributed by atoms with van der Waals surface area (Å²) in [6.07, 6.45) is 2.85. The number of hydrogen-bond acceptors (Lipinski definition) is 3. The first kappa shape index (κ1) is 12.6. The van der Waals surface area contributed by atoms with Gasteiger partial charge in [0.05, 0.1) is 11.3 Å². The lowest BCUT2D eigenvalue weighted by Crippen LogP contribution is -2.38. The standard InChI is InChI=1S/C14H11N3O2/c1-2-8-17-13(18)7-9-16(14(17)19)12-6-4-3-5-11(12)10-15/h2-7,9H,1,8H2. The third kappa shape index (κ3) is 2.24. The third-order valence-corrected chi connectivity index (χ3v) is 2.66. The Balaban J connectivity index is 2.75. The summed E-state index contributed by atoms with van der Waals surface area (Å²) in [4.78, 5) is 23.8. The molecule has 0 amide bonds. The van der Waals surface area contributed by atoms with Crippen LogP contribution in [0.1, 0.15) is 5.56 Å². The van der Waals surface area contributed by atoms with Gasteiger partial charge in [-0.2, -0.15) is 5.26 Å². The summed E-state index contributed by atoms with van der Waals surface area (Å²) in [5.41, 5.74) is -0.0631. The van der Waals surface area contributed by atoms with E-state index in [1.807, 2.05) is 6.07 Å². The maximum absolute atomic E-state index is 12.2. The van der Waals surface area contributed by atoms with Gasteiger partial charge in [-0.3, -0.25) is 13.9 Å². The molecule has 0 saturated carbocycles. The monoisotopic (exact) mass is 253 g/mol. The van der Waals surface area contributed by atoms with E-state index < -0.39 is 11.2 Å². The molecule has 0 aliphatic carbocycles. The highest BCUT2D eigenvalue weighted by atomic mass is 16.2. The molecular weight excluding hydrogens is 242 g/mol. The van der Waals surface area contributed by atoms with Crippen molar-refractivity contribution in [2.24, 2.45) is 0 Å². The zero-order chi connectivity index (χ0) is 13.8. The Labute approximate surface area is 109 Å². The Morgan fingerprint density at radius 3 is 2.68 bits per heavy atom.